The largest absolute Gasteiger partial charge is 0.469 e. The molecule has 2 amide bonds. The lowest BCUT2D eigenvalue weighted by Crippen LogP contribution is -2.39. The molecule has 3 N–H and O–H groups in total. The number of carbonyl (C=O) groups is 1. The molecular weight excluding hydrogens is 320 g/mol. The minimum Gasteiger partial charge on any atom is -0.469 e. The second-order valence-electron chi connectivity index (χ2n) is 6.23. The fourth-order valence-electron chi connectivity index (χ4n) is 3.48. The number of nitrogens with one attached hydrogen (secondary N) is 3. The summed E-state index contributed by atoms with van der Waals surface area (Å²) in [5.74, 6) is 0.947. The Balaban J connectivity index is 1.67. The molecule has 134 valence electrons. The van der Waals surface area contributed by atoms with Crippen LogP contribution >= 0.6 is 0 Å². The zero-order valence-corrected chi connectivity index (χ0v) is 14.6. The number of fused-ring (bicyclic) bond motifs is 1. The lowest BCUT2D eigenvalue weighted by atomic mass is 9.93. The number of amides is 2. The Morgan fingerprint density at radius 2 is 2.20 bits per heavy atom. The molecule has 0 spiro atoms. The van der Waals surface area contributed by atoms with Crippen LogP contribution in [0.25, 0.3) is 0 Å². The SMILES string of the molecule is CCc1n[nH]c(=O)c(CNC(=O)N[C@@H]2CCCc3occc32)c1CC. The molecule has 1 aliphatic rings. The molecule has 0 bridgehead atoms. The molecule has 25 heavy (non-hydrogen) atoms. The molecule has 2 aromatic rings. The highest BCUT2D eigenvalue weighted by Gasteiger charge is 2.24. The maximum absolute atomic E-state index is 12.3. The Hall–Kier alpha value is -2.57. The summed E-state index contributed by atoms with van der Waals surface area (Å²) in [4.78, 5) is 24.4. The van der Waals surface area contributed by atoms with Gasteiger partial charge in [-0.15, -0.1) is 0 Å². The van der Waals surface area contributed by atoms with Gasteiger partial charge >= 0.3 is 6.03 Å². The summed E-state index contributed by atoms with van der Waals surface area (Å²) in [5, 5.41) is 12.4. The van der Waals surface area contributed by atoms with Gasteiger partial charge in [-0.1, -0.05) is 13.8 Å². The maximum atomic E-state index is 12.3. The van der Waals surface area contributed by atoms with Gasteiger partial charge in [0.15, 0.2) is 0 Å². The van der Waals surface area contributed by atoms with E-state index >= 15 is 0 Å². The molecule has 2 heterocycles. The van der Waals surface area contributed by atoms with E-state index < -0.39 is 0 Å². The number of nitrogens with zero attached hydrogens (tertiary/aromatic N) is 1. The van der Waals surface area contributed by atoms with E-state index in [4.69, 9.17) is 4.42 Å². The van der Waals surface area contributed by atoms with E-state index in [2.05, 4.69) is 20.8 Å². The smallest absolute Gasteiger partial charge is 0.315 e. The molecule has 1 aliphatic carbocycles. The van der Waals surface area contributed by atoms with Crippen LogP contribution in [0.15, 0.2) is 21.5 Å². The lowest BCUT2D eigenvalue weighted by molar-refractivity contribution is 0.234. The van der Waals surface area contributed by atoms with Crippen molar-refractivity contribution in [2.45, 2.75) is 58.5 Å². The zero-order valence-electron chi connectivity index (χ0n) is 14.6. The van der Waals surface area contributed by atoms with E-state index in [1.165, 1.54) is 0 Å². The Labute approximate surface area is 146 Å². The molecule has 3 rings (SSSR count). The normalized spacial score (nSPS) is 16.3. The highest BCUT2D eigenvalue weighted by molar-refractivity contribution is 5.74. The van der Waals surface area contributed by atoms with E-state index in [0.29, 0.717) is 12.0 Å². The number of aromatic nitrogens is 2. The quantitative estimate of drug-likeness (QED) is 0.775. The predicted molar refractivity (Wildman–Crippen MR) is 93.4 cm³/mol. The van der Waals surface area contributed by atoms with Gasteiger partial charge < -0.3 is 15.1 Å². The summed E-state index contributed by atoms with van der Waals surface area (Å²) in [6.45, 7) is 4.17. The van der Waals surface area contributed by atoms with E-state index in [9.17, 15) is 9.59 Å². The third kappa shape index (κ3) is 3.60. The van der Waals surface area contributed by atoms with Crippen molar-refractivity contribution in [3.8, 4) is 0 Å². The Kier molecular flexibility index (Phi) is 5.21. The van der Waals surface area contributed by atoms with Crippen LogP contribution in [0.3, 0.4) is 0 Å². The molecule has 7 nitrogen and oxygen atoms in total. The Bertz CT molecular complexity index is 809. The van der Waals surface area contributed by atoms with Crippen LogP contribution in [0.2, 0.25) is 0 Å². The number of hydrogen-bond acceptors (Lipinski definition) is 4. The van der Waals surface area contributed by atoms with Crippen molar-refractivity contribution in [2.75, 3.05) is 0 Å². The van der Waals surface area contributed by atoms with Crippen LogP contribution in [0.1, 0.15) is 60.9 Å². The van der Waals surface area contributed by atoms with Crippen molar-refractivity contribution in [3.05, 3.63) is 50.8 Å². The van der Waals surface area contributed by atoms with Gasteiger partial charge in [-0.3, -0.25) is 4.79 Å². The highest BCUT2D eigenvalue weighted by atomic mass is 16.3. The van der Waals surface area contributed by atoms with Crippen molar-refractivity contribution in [1.82, 2.24) is 20.8 Å². The second-order valence-corrected chi connectivity index (χ2v) is 6.23. The minimum atomic E-state index is -0.282. The maximum Gasteiger partial charge on any atom is 0.315 e. The van der Waals surface area contributed by atoms with Gasteiger partial charge in [0.25, 0.3) is 5.56 Å². The summed E-state index contributed by atoms with van der Waals surface area (Å²) in [5.41, 5.74) is 3.17. The van der Waals surface area contributed by atoms with Crippen molar-refractivity contribution in [1.29, 1.82) is 0 Å². The van der Waals surface area contributed by atoms with Crippen molar-refractivity contribution in [2.24, 2.45) is 0 Å². The number of furan rings is 1. The van der Waals surface area contributed by atoms with Crippen LogP contribution in [0.5, 0.6) is 0 Å². The number of hydrogen-bond donors (Lipinski definition) is 3. The van der Waals surface area contributed by atoms with E-state index in [1.807, 2.05) is 19.9 Å². The number of urea groups is 1. The first kappa shape index (κ1) is 17.3. The van der Waals surface area contributed by atoms with Crippen molar-refractivity contribution < 1.29 is 9.21 Å². The van der Waals surface area contributed by atoms with Crippen molar-refractivity contribution in [3.63, 3.8) is 0 Å². The molecule has 1 atom stereocenters. The average Bonchev–Trinajstić information content (AvgIpc) is 3.10. The van der Waals surface area contributed by atoms with Gasteiger partial charge in [-0.25, -0.2) is 9.89 Å². The number of aromatic amines is 1. The van der Waals surface area contributed by atoms with Gasteiger partial charge in [0.1, 0.15) is 5.76 Å². The third-order valence-corrected chi connectivity index (χ3v) is 4.75. The Morgan fingerprint density at radius 3 is 2.96 bits per heavy atom. The van der Waals surface area contributed by atoms with Gasteiger partial charge in [0, 0.05) is 17.5 Å². The van der Waals surface area contributed by atoms with Gasteiger partial charge in [0.2, 0.25) is 0 Å². The summed E-state index contributed by atoms with van der Waals surface area (Å²) >= 11 is 0. The van der Waals surface area contributed by atoms with E-state index in [0.717, 1.165) is 48.3 Å². The minimum absolute atomic E-state index is 0.0462. The predicted octanol–water partition coefficient (Wildman–Crippen LogP) is 2.36. The van der Waals surface area contributed by atoms with Crippen molar-refractivity contribution >= 4 is 6.03 Å². The molecule has 2 aromatic heterocycles. The van der Waals surface area contributed by atoms with Gasteiger partial charge in [0.05, 0.1) is 24.5 Å². The standard InChI is InChI=1S/C18H24N4O3/c1-3-11-13(17(23)22-21-14(11)4-2)10-19-18(24)20-15-6-5-7-16-12(15)8-9-25-16/h8-9,15H,3-7,10H2,1-2H3,(H,22,23)(H2,19,20,24)/t15-/m1/s1. The van der Waals surface area contributed by atoms with Crippen LogP contribution < -0.4 is 16.2 Å². The monoisotopic (exact) mass is 344 g/mol. The number of H-pyrrole nitrogens is 1. The molecule has 0 unspecified atom stereocenters. The second kappa shape index (κ2) is 7.55. The van der Waals surface area contributed by atoms with Crippen LogP contribution in [0, 0.1) is 0 Å². The number of rotatable bonds is 5. The fourth-order valence-corrected chi connectivity index (χ4v) is 3.48. The molecule has 0 saturated heterocycles. The molecule has 0 aromatic carbocycles. The highest BCUT2D eigenvalue weighted by Crippen LogP contribution is 2.30. The summed E-state index contributed by atoms with van der Waals surface area (Å²) in [7, 11) is 0. The summed E-state index contributed by atoms with van der Waals surface area (Å²) in [6.07, 6.45) is 5.89. The van der Waals surface area contributed by atoms with Crippen LogP contribution in [-0.4, -0.2) is 16.2 Å². The first-order valence-corrected chi connectivity index (χ1v) is 8.83. The lowest BCUT2D eigenvalue weighted by Gasteiger charge is -2.23. The first-order valence-electron chi connectivity index (χ1n) is 8.83. The molecule has 0 aliphatic heterocycles. The fraction of sp³-hybridized carbons (Fsp3) is 0.500. The molecule has 0 saturated carbocycles. The molecular formula is C18H24N4O3. The van der Waals surface area contributed by atoms with Gasteiger partial charge in [-0.2, -0.15) is 5.10 Å². The number of aryl methyl sites for hydroxylation is 2. The average molecular weight is 344 g/mol. The van der Waals surface area contributed by atoms with Crippen LogP contribution in [0.4, 0.5) is 4.79 Å². The van der Waals surface area contributed by atoms with E-state index in [-0.39, 0.29) is 24.2 Å². The van der Waals surface area contributed by atoms with E-state index in [1.54, 1.807) is 6.26 Å². The molecule has 7 heteroatoms. The topological polar surface area (TPSA) is 100 Å². The van der Waals surface area contributed by atoms with Crippen LogP contribution in [-0.2, 0) is 25.8 Å². The number of carbonyl (C=O) groups excluding carboxylic acids is 1. The summed E-state index contributed by atoms with van der Waals surface area (Å²) < 4.78 is 5.44. The summed E-state index contributed by atoms with van der Waals surface area (Å²) in [6, 6.07) is 1.58. The molecule has 0 radical (unpaired) electrons. The third-order valence-electron chi connectivity index (χ3n) is 4.75. The van der Waals surface area contributed by atoms with Gasteiger partial charge in [-0.05, 0) is 37.3 Å². The molecule has 0 fully saturated rings. The Morgan fingerprint density at radius 1 is 1.36 bits per heavy atom. The first-order chi connectivity index (χ1) is 12.1. The zero-order chi connectivity index (χ0) is 17.8.